The van der Waals surface area contributed by atoms with Gasteiger partial charge in [-0.15, -0.1) is 11.8 Å². The van der Waals surface area contributed by atoms with E-state index in [9.17, 15) is 0 Å². The normalized spacial score (nSPS) is 18.3. The zero-order valence-electron chi connectivity index (χ0n) is 12.5. The van der Waals surface area contributed by atoms with Crippen LogP contribution in [0.1, 0.15) is 30.0 Å². The number of thioether (sulfide) groups is 1. The fourth-order valence-electron chi connectivity index (χ4n) is 2.99. The van der Waals surface area contributed by atoms with Gasteiger partial charge in [-0.05, 0) is 35.9 Å². The first-order valence-corrected chi connectivity index (χ1v) is 8.41. The molecule has 110 valence electrons. The number of nitrogens with one attached hydrogen (secondary N) is 1. The quantitative estimate of drug-likeness (QED) is 0.892. The van der Waals surface area contributed by atoms with E-state index >= 15 is 0 Å². The van der Waals surface area contributed by atoms with Crippen molar-refractivity contribution in [2.45, 2.75) is 23.8 Å². The number of fused-ring (bicyclic) bond motifs is 1. The van der Waals surface area contributed by atoms with Gasteiger partial charge >= 0.3 is 0 Å². The molecule has 3 rings (SSSR count). The highest BCUT2D eigenvalue weighted by atomic mass is 32.2. The second-order valence-electron chi connectivity index (χ2n) is 5.26. The van der Waals surface area contributed by atoms with Gasteiger partial charge in [0.15, 0.2) is 0 Å². The molecule has 1 N–H and O–H groups in total. The second kappa shape index (κ2) is 6.54. The van der Waals surface area contributed by atoms with Crippen LogP contribution < -0.4 is 10.1 Å². The minimum absolute atomic E-state index is 0.358. The molecule has 2 aromatic rings. The third-order valence-electron chi connectivity index (χ3n) is 4.04. The van der Waals surface area contributed by atoms with Crippen LogP contribution in [0.3, 0.4) is 0 Å². The van der Waals surface area contributed by atoms with Crippen LogP contribution in [0.5, 0.6) is 5.75 Å². The van der Waals surface area contributed by atoms with Gasteiger partial charge in [-0.3, -0.25) is 0 Å². The molecule has 0 saturated heterocycles. The van der Waals surface area contributed by atoms with Gasteiger partial charge in [-0.1, -0.05) is 37.3 Å². The fourth-order valence-corrected chi connectivity index (χ4v) is 4.28. The Hall–Kier alpha value is -1.45. The first-order chi connectivity index (χ1) is 10.3. The van der Waals surface area contributed by atoms with Gasteiger partial charge in [-0.25, -0.2) is 0 Å². The maximum atomic E-state index is 5.27. The van der Waals surface area contributed by atoms with Crippen LogP contribution in [0.2, 0.25) is 0 Å². The van der Waals surface area contributed by atoms with E-state index in [1.807, 2.05) is 23.9 Å². The molecule has 21 heavy (non-hydrogen) atoms. The Labute approximate surface area is 130 Å². The molecule has 2 unspecified atom stereocenters. The molecule has 2 aromatic carbocycles. The van der Waals surface area contributed by atoms with E-state index in [0.717, 1.165) is 18.0 Å². The van der Waals surface area contributed by atoms with Crippen LogP contribution in [-0.2, 0) is 0 Å². The van der Waals surface area contributed by atoms with Crippen molar-refractivity contribution in [2.75, 3.05) is 19.4 Å². The van der Waals surface area contributed by atoms with Crippen molar-refractivity contribution in [1.29, 1.82) is 0 Å². The lowest BCUT2D eigenvalue weighted by Crippen LogP contribution is -2.27. The zero-order valence-corrected chi connectivity index (χ0v) is 13.3. The van der Waals surface area contributed by atoms with Crippen molar-refractivity contribution >= 4 is 11.8 Å². The maximum absolute atomic E-state index is 5.27. The highest BCUT2D eigenvalue weighted by Crippen LogP contribution is 2.45. The number of ether oxygens (including phenoxy) is 1. The van der Waals surface area contributed by atoms with E-state index in [-0.39, 0.29) is 0 Å². The van der Waals surface area contributed by atoms with Crippen LogP contribution in [0.25, 0.3) is 0 Å². The molecule has 1 heterocycles. The minimum atomic E-state index is 0.358. The van der Waals surface area contributed by atoms with Gasteiger partial charge < -0.3 is 10.1 Å². The number of hydrogen-bond donors (Lipinski definition) is 1. The summed E-state index contributed by atoms with van der Waals surface area (Å²) in [7, 11) is 1.71. The van der Waals surface area contributed by atoms with Gasteiger partial charge in [0.05, 0.1) is 7.11 Å². The zero-order chi connectivity index (χ0) is 14.7. The Morgan fingerprint density at radius 3 is 2.67 bits per heavy atom. The molecule has 0 aromatic heterocycles. The molecule has 2 nitrogen and oxygen atoms in total. The summed E-state index contributed by atoms with van der Waals surface area (Å²) in [6.45, 7) is 3.14. The van der Waals surface area contributed by atoms with Crippen molar-refractivity contribution in [1.82, 2.24) is 5.32 Å². The molecule has 0 spiro atoms. The molecule has 0 amide bonds. The monoisotopic (exact) mass is 299 g/mol. The summed E-state index contributed by atoms with van der Waals surface area (Å²) >= 11 is 1.97. The summed E-state index contributed by atoms with van der Waals surface area (Å²) < 4.78 is 5.27. The Bertz CT molecular complexity index is 596. The summed E-state index contributed by atoms with van der Waals surface area (Å²) in [5, 5.41) is 3.67. The molecule has 1 aliphatic rings. The van der Waals surface area contributed by atoms with E-state index in [4.69, 9.17) is 4.74 Å². The van der Waals surface area contributed by atoms with Crippen molar-refractivity contribution in [3.8, 4) is 5.75 Å². The molecule has 0 aliphatic carbocycles. The highest BCUT2D eigenvalue weighted by Gasteiger charge is 2.30. The van der Waals surface area contributed by atoms with Gasteiger partial charge in [0.25, 0.3) is 0 Å². The molecule has 0 fully saturated rings. The molecule has 0 bridgehead atoms. The molecule has 0 saturated carbocycles. The molecule has 3 heteroatoms. The topological polar surface area (TPSA) is 21.3 Å². The Morgan fingerprint density at radius 2 is 1.95 bits per heavy atom. The van der Waals surface area contributed by atoms with E-state index in [2.05, 4.69) is 48.6 Å². The third-order valence-corrected chi connectivity index (χ3v) is 5.25. The lowest BCUT2D eigenvalue weighted by molar-refractivity contribution is 0.414. The second-order valence-corrected chi connectivity index (χ2v) is 6.33. The first kappa shape index (κ1) is 14.5. The molecular weight excluding hydrogens is 278 g/mol. The van der Waals surface area contributed by atoms with Crippen molar-refractivity contribution < 1.29 is 4.74 Å². The van der Waals surface area contributed by atoms with Gasteiger partial charge in [0.1, 0.15) is 5.75 Å². The SMILES string of the molecule is CCNC(c1ccc(OC)cc1)C1CSc2ccccc21. The average Bonchev–Trinajstić information content (AvgIpc) is 2.97. The lowest BCUT2D eigenvalue weighted by Gasteiger charge is -2.25. The molecular formula is C18H21NOS. The average molecular weight is 299 g/mol. The number of rotatable bonds is 5. The number of methoxy groups -OCH3 is 1. The smallest absolute Gasteiger partial charge is 0.118 e. The van der Waals surface area contributed by atoms with E-state index in [1.165, 1.54) is 16.0 Å². The standard InChI is InChI=1S/C18H21NOS/c1-3-19-18(13-8-10-14(20-2)11-9-13)16-12-21-17-7-5-4-6-15(16)17/h4-11,16,18-19H,3,12H2,1-2H3. The Kier molecular flexibility index (Phi) is 4.51. The largest absolute Gasteiger partial charge is 0.497 e. The van der Waals surface area contributed by atoms with E-state index < -0.39 is 0 Å². The molecule has 2 atom stereocenters. The molecule has 1 aliphatic heterocycles. The predicted molar refractivity (Wildman–Crippen MR) is 89.3 cm³/mol. The van der Waals surface area contributed by atoms with Crippen LogP contribution in [0.4, 0.5) is 0 Å². The lowest BCUT2D eigenvalue weighted by atomic mass is 9.88. The van der Waals surface area contributed by atoms with Crippen LogP contribution in [0.15, 0.2) is 53.4 Å². The summed E-state index contributed by atoms with van der Waals surface area (Å²) in [6.07, 6.45) is 0. The summed E-state index contributed by atoms with van der Waals surface area (Å²) in [6, 6.07) is 17.6. The minimum Gasteiger partial charge on any atom is -0.497 e. The number of benzene rings is 2. The number of likely N-dealkylation sites (N-methyl/N-ethyl adjacent to an activating group) is 1. The predicted octanol–water partition coefficient (Wildman–Crippen LogP) is 4.24. The Balaban J connectivity index is 1.91. The van der Waals surface area contributed by atoms with Crippen LogP contribution in [0, 0.1) is 0 Å². The maximum Gasteiger partial charge on any atom is 0.118 e. The van der Waals surface area contributed by atoms with Crippen molar-refractivity contribution in [3.63, 3.8) is 0 Å². The van der Waals surface area contributed by atoms with Crippen LogP contribution >= 0.6 is 11.8 Å². The molecule has 0 radical (unpaired) electrons. The summed E-state index contributed by atoms with van der Waals surface area (Å²) in [5.41, 5.74) is 2.81. The Morgan fingerprint density at radius 1 is 1.19 bits per heavy atom. The fraction of sp³-hybridized carbons (Fsp3) is 0.333. The third kappa shape index (κ3) is 2.94. The first-order valence-electron chi connectivity index (χ1n) is 7.42. The summed E-state index contributed by atoms with van der Waals surface area (Å²) in [5.74, 6) is 2.58. The van der Waals surface area contributed by atoms with Crippen LogP contribution in [-0.4, -0.2) is 19.4 Å². The highest BCUT2D eigenvalue weighted by molar-refractivity contribution is 7.99. The van der Waals surface area contributed by atoms with Crippen molar-refractivity contribution in [3.05, 3.63) is 59.7 Å². The van der Waals surface area contributed by atoms with Gasteiger partial charge in [0, 0.05) is 22.6 Å². The van der Waals surface area contributed by atoms with Crippen molar-refractivity contribution in [2.24, 2.45) is 0 Å². The van der Waals surface area contributed by atoms with E-state index in [1.54, 1.807) is 7.11 Å². The van der Waals surface area contributed by atoms with Gasteiger partial charge in [-0.2, -0.15) is 0 Å². The van der Waals surface area contributed by atoms with Gasteiger partial charge in [0.2, 0.25) is 0 Å². The number of hydrogen-bond acceptors (Lipinski definition) is 3. The van der Waals surface area contributed by atoms with E-state index in [0.29, 0.717) is 12.0 Å². The summed E-state index contributed by atoms with van der Waals surface area (Å²) in [4.78, 5) is 1.43.